The van der Waals surface area contributed by atoms with Crippen molar-refractivity contribution < 1.29 is 9.47 Å². The van der Waals surface area contributed by atoms with Crippen LogP contribution < -0.4 is 20.5 Å². The molecule has 0 unspecified atom stereocenters. The molecule has 2 aromatic carbocycles. The van der Waals surface area contributed by atoms with Crippen molar-refractivity contribution in [2.75, 3.05) is 39.3 Å². The number of nitrogens with two attached hydrogens (primary N) is 1. The summed E-state index contributed by atoms with van der Waals surface area (Å²) in [7, 11) is 0. The second-order valence-electron chi connectivity index (χ2n) is 11.4. The van der Waals surface area contributed by atoms with Gasteiger partial charge in [-0.05, 0) is 37.2 Å². The Bertz CT molecular complexity index is 763. The standard InChI is InChI=1S/C36H61N3O2/c1-2-3-4-5-6-7-8-9-10-11-12-13-14-15-16-23-31-39(32-30-38-29-28-37)33-36(40-34-24-19-17-20-25-34)41-35-26-21-18-22-27-35/h17-22,24-27,36,38H,2-16,23,28-33,37H2,1H3. The molecule has 0 aliphatic carbocycles. The second kappa shape index (κ2) is 25.6. The first-order chi connectivity index (χ1) is 20.3. The average Bonchev–Trinajstić information content (AvgIpc) is 3.00. The van der Waals surface area contributed by atoms with Crippen molar-refractivity contribution in [3.8, 4) is 11.5 Å². The fourth-order valence-corrected chi connectivity index (χ4v) is 5.25. The Balaban J connectivity index is 1.65. The van der Waals surface area contributed by atoms with E-state index in [2.05, 4.69) is 17.1 Å². The quantitative estimate of drug-likeness (QED) is 0.0796. The maximum atomic E-state index is 6.30. The Kier molecular flexibility index (Phi) is 21.9. The third kappa shape index (κ3) is 19.6. The fraction of sp³-hybridized carbons (Fsp3) is 0.667. The van der Waals surface area contributed by atoms with Crippen LogP contribution >= 0.6 is 0 Å². The molecule has 0 heterocycles. The molecule has 0 saturated carbocycles. The maximum absolute atomic E-state index is 6.30. The average molecular weight is 568 g/mol. The Morgan fingerprint density at radius 3 is 1.46 bits per heavy atom. The molecule has 0 aromatic heterocycles. The van der Waals surface area contributed by atoms with Gasteiger partial charge in [0, 0.05) is 26.2 Å². The van der Waals surface area contributed by atoms with Gasteiger partial charge in [-0.15, -0.1) is 0 Å². The lowest BCUT2D eigenvalue weighted by Gasteiger charge is -2.28. The molecule has 0 bridgehead atoms. The number of nitrogens with one attached hydrogen (secondary N) is 1. The van der Waals surface area contributed by atoms with Crippen LogP contribution in [0.3, 0.4) is 0 Å². The van der Waals surface area contributed by atoms with E-state index in [-0.39, 0.29) is 6.29 Å². The van der Waals surface area contributed by atoms with Crippen LogP contribution in [-0.2, 0) is 0 Å². The molecule has 0 radical (unpaired) electrons. The van der Waals surface area contributed by atoms with E-state index in [9.17, 15) is 0 Å². The van der Waals surface area contributed by atoms with E-state index in [1.54, 1.807) is 0 Å². The number of rotatable bonds is 28. The Labute approximate surface area is 252 Å². The summed E-state index contributed by atoms with van der Waals surface area (Å²) in [4.78, 5) is 2.48. The summed E-state index contributed by atoms with van der Waals surface area (Å²) in [5, 5.41) is 3.45. The predicted molar refractivity (Wildman–Crippen MR) is 176 cm³/mol. The van der Waals surface area contributed by atoms with Gasteiger partial charge >= 0.3 is 0 Å². The number of nitrogens with zero attached hydrogens (tertiary/aromatic N) is 1. The summed E-state index contributed by atoms with van der Waals surface area (Å²) in [6, 6.07) is 20.0. The summed E-state index contributed by atoms with van der Waals surface area (Å²) >= 11 is 0. The van der Waals surface area contributed by atoms with Crippen molar-refractivity contribution in [2.45, 2.75) is 116 Å². The van der Waals surface area contributed by atoms with E-state index in [0.717, 1.165) is 37.7 Å². The molecule has 0 aliphatic heterocycles. The van der Waals surface area contributed by atoms with Gasteiger partial charge in [-0.25, -0.2) is 0 Å². The smallest absolute Gasteiger partial charge is 0.253 e. The number of benzene rings is 2. The number of hydrogen-bond acceptors (Lipinski definition) is 5. The third-order valence-electron chi connectivity index (χ3n) is 7.68. The summed E-state index contributed by atoms with van der Waals surface area (Å²) < 4.78 is 12.6. The highest BCUT2D eigenvalue weighted by molar-refractivity contribution is 5.23. The van der Waals surface area contributed by atoms with Crippen molar-refractivity contribution in [2.24, 2.45) is 5.73 Å². The van der Waals surface area contributed by atoms with Crippen LogP contribution in [0, 0.1) is 0 Å². The second-order valence-corrected chi connectivity index (χ2v) is 11.4. The van der Waals surface area contributed by atoms with Crippen LogP contribution in [0.2, 0.25) is 0 Å². The number of ether oxygens (including phenoxy) is 2. The normalized spacial score (nSPS) is 11.4. The van der Waals surface area contributed by atoms with E-state index < -0.39 is 0 Å². The molecule has 5 nitrogen and oxygen atoms in total. The SMILES string of the molecule is CCCCCCCCCCCCCCCCCCN(CCNCCN)CC(Oc1ccccc1)Oc1ccccc1. The Morgan fingerprint density at radius 2 is 1.02 bits per heavy atom. The minimum absolute atomic E-state index is 0.379. The van der Waals surface area contributed by atoms with Gasteiger partial charge in [0.1, 0.15) is 11.5 Å². The molecule has 41 heavy (non-hydrogen) atoms. The summed E-state index contributed by atoms with van der Waals surface area (Å²) in [6.07, 6.45) is 21.9. The summed E-state index contributed by atoms with van der Waals surface area (Å²) in [6.45, 7) is 7.43. The highest BCUT2D eigenvalue weighted by Gasteiger charge is 2.18. The van der Waals surface area contributed by atoms with Gasteiger partial charge in [-0.1, -0.05) is 140 Å². The van der Waals surface area contributed by atoms with Crippen LogP contribution in [0.1, 0.15) is 110 Å². The first kappa shape index (κ1) is 35.1. The van der Waals surface area contributed by atoms with Crippen molar-refractivity contribution in [1.82, 2.24) is 10.2 Å². The van der Waals surface area contributed by atoms with Crippen LogP contribution in [0.4, 0.5) is 0 Å². The molecule has 2 aromatic rings. The largest absolute Gasteiger partial charge is 0.454 e. The monoisotopic (exact) mass is 567 g/mol. The van der Waals surface area contributed by atoms with Crippen LogP contribution in [0.15, 0.2) is 60.7 Å². The minimum Gasteiger partial charge on any atom is -0.454 e. The molecule has 0 fully saturated rings. The number of hydrogen-bond donors (Lipinski definition) is 2. The van der Waals surface area contributed by atoms with E-state index in [1.807, 2.05) is 60.7 Å². The van der Waals surface area contributed by atoms with Crippen LogP contribution in [-0.4, -0.2) is 50.5 Å². The van der Waals surface area contributed by atoms with E-state index in [0.29, 0.717) is 13.1 Å². The molecule has 0 saturated heterocycles. The van der Waals surface area contributed by atoms with Gasteiger partial charge in [0.25, 0.3) is 6.29 Å². The molecule has 2 rings (SSSR count). The van der Waals surface area contributed by atoms with Crippen molar-refractivity contribution in [3.63, 3.8) is 0 Å². The molecule has 0 aliphatic rings. The summed E-state index contributed by atoms with van der Waals surface area (Å²) in [5.41, 5.74) is 5.68. The van der Waals surface area contributed by atoms with Gasteiger partial charge in [0.2, 0.25) is 0 Å². The molecule has 0 amide bonds. The van der Waals surface area contributed by atoms with E-state index in [4.69, 9.17) is 15.2 Å². The highest BCUT2D eigenvalue weighted by atomic mass is 16.7. The lowest BCUT2D eigenvalue weighted by Crippen LogP contribution is -2.43. The highest BCUT2D eigenvalue weighted by Crippen LogP contribution is 2.18. The zero-order valence-corrected chi connectivity index (χ0v) is 26.2. The Hall–Kier alpha value is -2.08. The molecule has 232 valence electrons. The molecule has 5 heteroatoms. The number of unbranched alkanes of at least 4 members (excludes halogenated alkanes) is 15. The lowest BCUT2D eigenvalue weighted by atomic mass is 10.0. The van der Waals surface area contributed by atoms with Gasteiger partial charge < -0.3 is 20.5 Å². The third-order valence-corrected chi connectivity index (χ3v) is 7.68. The zero-order chi connectivity index (χ0) is 29.1. The molecular formula is C36H61N3O2. The van der Waals surface area contributed by atoms with Crippen LogP contribution in [0.5, 0.6) is 11.5 Å². The molecule has 0 spiro atoms. The first-order valence-electron chi connectivity index (χ1n) is 16.9. The zero-order valence-electron chi connectivity index (χ0n) is 26.2. The maximum Gasteiger partial charge on any atom is 0.253 e. The van der Waals surface area contributed by atoms with Gasteiger partial charge in [-0.2, -0.15) is 0 Å². The van der Waals surface area contributed by atoms with E-state index >= 15 is 0 Å². The molecular weight excluding hydrogens is 506 g/mol. The van der Waals surface area contributed by atoms with Crippen molar-refractivity contribution >= 4 is 0 Å². The topological polar surface area (TPSA) is 59.8 Å². The number of para-hydroxylation sites is 2. The van der Waals surface area contributed by atoms with Crippen molar-refractivity contribution in [1.29, 1.82) is 0 Å². The lowest BCUT2D eigenvalue weighted by molar-refractivity contribution is -0.0209. The van der Waals surface area contributed by atoms with E-state index in [1.165, 1.54) is 103 Å². The van der Waals surface area contributed by atoms with Gasteiger partial charge in [0.15, 0.2) is 0 Å². The van der Waals surface area contributed by atoms with Gasteiger partial charge in [0.05, 0.1) is 6.54 Å². The predicted octanol–water partition coefficient (Wildman–Crippen LogP) is 8.58. The van der Waals surface area contributed by atoms with Crippen molar-refractivity contribution in [3.05, 3.63) is 60.7 Å². The molecule has 0 atom stereocenters. The fourth-order valence-electron chi connectivity index (χ4n) is 5.25. The summed E-state index contributed by atoms with van der Waals surface area (Å²) in [5.74, 6) is 1.66. The van der Waals surface area contributed by atoms with Crippen LogP contribution in [0.25, 0.3) is 0 Å². The van der Waals surface area contributed by atoms with Gasteiger partial charge in [-0.3, -0.25) is 4.90 Å². The first-order valence-corrected chi connectivity index (χ1v) is 16.9. The molecule has 3 N–H and O–H groups in total. The Morgan fingerprint density at radius 1 is 0.585 bits per heavy atom. The minimum atomic E-state index is -0.379.